The number of rotatable bonds is 4. The second-order valence-corrected chi connectivity index (χ2v) is 5.51. The van der Waals surface area contributed by atoms with E-state index >= 15 is 0 Å². The Kier molecular flexibility index (Phi) is 4.64. The van der Waals surface area contributed by atoms with Gasteiger partial charge in [-0.25, -0.2) is 0 Å². The molecule has 0 saturated heterocycles. The predicted molar refractivity (Wildman–Crippen MR) is 76.8 cm³/mol. The van der Waals surface area contributed by atoms with Gasteiger partial charge in [-0.05, 0) is 35.6 Å². The van der Waals surface area contributed by atoms with E-state index in [2.05, 4.69) is 5.32 Å². The Balaban J connectivity index is 1.87. The molecule has 2 aromatic rings. The molecule has 18 heavy (non-hydrogen) atoms. The molecule has 0 saturated carbocycles. The van der Waals surface area contributed by atoms with E-state index < -0.39 is 0 Å². The first-order valence-electron chi connectivity index (χ1n) is 5.42. The molecule has 0 unspecified atom stereocenters. The fraction of sp³-hybridized carbons (Fsp3) is 0.154. The van der Waals surface area contributed by atoms with Gasteiger partial charge >= 0.3 is 0 Å². The van der Waals surface area contributed by atoms with E-state index in [1.165, 1.54) is 11.3 Å². The summed E-state index contributed by atoms with van der Waals surface area (Å²) in [5.74, 6) is -0.0462. The number of halogens is 2. The Morgan fingerprint density at radius 1 is 1.28 bits per heavy atom. The van der Waals surface area contributed by atoms with Crippen LogP contribution in [0.15, 0.2) is 35.7 Å². The zero-order chi connectivity index (χ0) is 13.0. The number of amides is 1. The first kappa shape index (κ1) is 13.4. The van der Waals surface area contributed by atoms with Crippen LogP contribution in [0.5, 0.6) is 0 Å². The number of hydrogen-bond acceptors (Lipinski definition) is 2. The third kappa shape index (κ3) is 3.48. The summed E-state index contributed by atoms with van der Waals surface area (Å²) in [6.45, 7) is 0.554. The number of carbonyl (C=O) groups is 1. The van der Waals surface area contributed by atoms with Crippen molar-refractivity contribution in [2.45, 2.75) is 6.42 Å². The van der Waals surface area contributed by atoms with Crippen molar-refractivity contribution in [3.63, 3.8) is 0 Å². The fourth-order valence-corrected chi connectivity index (χ4v) is 2.67. The van der Waals surface area contributed by atoms with E-state index in [0.29, 0.717) is 23.0 Å². The number of hydrogen-bond donors (Lipinski definition) is 1. The molecular weight excluding hydrogens is 289 g/mol. The van der Waals surface area contributed by atoms with E-state index in [1.54, 1.807) is 18.2 Å². The Labute approximate surface area is 120 Å². The third-order valence-corrected chi connectivity index (χ3v) is 3.90. The maximum absolute atomic E-state index is 11.7. The highest BCUT2D eigenvalue weighted by Gasteiger charge is 2.06. The summed E-state index contributed by atoms with van der Waals surface area (Å²) in [6, 6.07) is 9.04. The summed E-state index contributed by atoms with van der Waals surface area (Å²) in [6.07, 6.45) is 0.688. The van der Waals surface area contributed by atoms with E-state index in [-0.39, 0.29) is 5.91 Å². The normalized spacial score (nSPS) is 10.3. The summed E-state index contributed by atoms with van der Waals surface area (Å²) >= 11 is 13.3. The van der Waals surface area contributed by atoms with E-state index in [4.69, 9.17) is 23.2 Å². The first-order chi connectivity index (χ1) is 8.66. The molecule has 0 atom stereocenters. The molecule has 0 fully saturated rings. The lowest BCUT2D eigenvalue weighted by Crippen LogP contribution is -2.24. The molecular formula is C13H11Cl2NOS. The first-order valence-corrected chi connectivity index (χ1v) is 7.06. The monoisotopic (exact) mass is 299 g/mol. The van der Waals surface area contributed by atoms with Gasteiger partial charge in [-0.3, -0.25) is 4.79 Å². The molecule has 1 heterocycles. The van der Waals surface area contributed by atoms with Gasteiger partial charge in [-0.15, -0.1) is 11.3 Å². The van der Waals surface area contributed by atoms with Gasteiger partial charge in [-0.2, -0.15) is 0 Å². The minimum Gasteiger partial charge on any atom is -0.351 e. The average molecular weight is 300 g/mol. The van der Waals surface area contributed by atoms with Crippen molar-refractivity contribution < 1.29 is 4.79 Å². The standard InChI is InChI=1S/C13H11Cl2NOS/c14-10-4-3-9(11(15)8-10)5-6-16-13(17)12-2-1-7-18-12/h1-4,7-8H,5-6H2,(H,16,17). The van der Waals surface area contributed by atoms with Gasteiger partial charge in [-0.1, -0.05) is 35.3 Å². The van der Waals surface area contributed by atoms with Crippen molar-refractivity contribution in [1.82, 2.24) is 5.32 Å². The van der Waals surface area contributed by atoms with Crippen molar-refractivity contribution in [3.05, 3.63) is 56.2 Å². The second kappa shape index (κ2) is 6.23. The SMILES string of the molecule is O=C(NCCc1ccc(Cl)cc1Cl)c1cccs1. The molecule has 0 aliphatic rings. The highest BCUT2D eigenvalue weighted by Crippen LogP contribution is 2.21. The zero-order valence-corrected chi connectivity index (χ0v) is 11.8. The summed E-state index contributed by atoms with van der Waals surface area (Å²) < 4.78 is 0. The lowest BCUT2D eigenvalue weighted by molar-refractivity contribution is 0.0958. The van der Waals surface area contributed by atoms with Gasteiger partial charge in [0, 0.05) is 16.6 Å². The van der Waals surface area contributed by atoms with E-state index in [0.717, 1.165) is 10.4 Å². The highest BCUT2D eigenvalue weighted by atomic mass is 35.5. The topological polar surface area (TPSA) is 29.1 Å². The summed E-state index contributed by atoms with van der Waals surface area (Å²) in [7, 11) is 0. The molecule has 1 aromatic heterocycles. The minimum atomic E-state index is -0.0462. The van der Waals surface area contributed by atoms with Gasteiger partial charge in [0.1, 0.15) is 0 Å². The molecule has 0 radical (unpaired) electrons. The van der Waals surface area contributed by atoms with Crippen LogP contribution in [-0.4, -0.2) is 12.5 Å². The summed E-state index contributed by atoms with van der Waals surface area (Å²) in [5.41, 5.74) is 0.979. The van der Waals surface area contributed by atoms with Crippen LogP contribution in [0, 0.1) is 0 Å². The van der Waals surface area contributed by atoms with Crippen LogP contribution in [0.2, 0.25) is 10.0 Å². The Morgan fingerprint density at radius 3 is 2.78 bits per heavy atom. The van der Waals surface area contributed by atoms with Gasteiger partial charge in [0.05, 0.1) is 4.88 Å². The Hall–Kier alpha value is -1.03. The molecule has 5 heteroatoms. The highest BCUT2D eigenvalue weighted by molar-refractivity contribution is 7.12. The molecule has 94 valence electrons. The van der Waals surface area contributed by atoms with Crippen LogP contribution in [0.25, 0.3) is 0 Å². The second-order valence-electron chi connectivity index (χ2n) is 3.72. The molecule has 0 spiro atoms. The molecule has 0 aliphatic carbocycles. The van der Waals surface area contributed by atoms with Crippen LogP contribution in [-0.2, 0) is 6.42 Å². The maximum atomic E-state index is 11.7. The van der Waals surface area contributed by atoms with Crippen LogP contribution in [0.4, 0.5) is 0 Å². The molecule has 1 amide bonds. The summed E-state index contributed by atoms with van der Waals surface area (Å²) in [4.78, 5) is 12.4. The lowest BCUT2D eigenvalue weighted by atomic mass is 10.1. The number of nitrogens with one attached hydrogen (secondary N) is 1. The maximum Gasteiger partial charge on any atom is 0.261 e. The number of thiophene rings is 1. The molecule has 1 aromatic carbocycles. The lowest BCUT2D eigenvalue weighted by Gasteiger charge is -2.06. The van der Waals surface area contributed by atoms with Gasteiger partial charge < -0.3 is 5.32 Å². The quantitative estimate of drug-likeness (QED) is 0.907. The van der Waals surface area contributed by atoms with Crippen molar-refractivity contribution in [3.8, 4) is 0 Å². The number of carbonyl (C=O) groups excluding carboxylic acids is 1. The molecule has 0 aliphatic heterocycles. The van der Waals surface area contributed by atoms with Crippen LogP contribution in [0.3, 0.4) is 0 Å². The Morgan fingerprint density at radius 2 is 2.11 bits per heavy atom. The molecule has 0 bridgehead atoms. The average Bonchev–Trinajstić information content (AvgIpc) is 2.85. The van der Waals surface area contributed by atoms with E-state index in [9.17, 15) is 4.79 Å². The van der Waals surface area contributed by atoms with Crippen LogP contribution in [0.1, 0.15) is 15.2 Å². The van der Waals surface area contributed by atoms with Gasteiger partial charge in [0.15, 0.2) is 0 Å². The van der Waals surface area contributed by atoms with Gasteiger partial charge in [0.2, 0.25) is 0 Å². The summed E-state index contributed by atoms with van der Waals surface area (Å²) in [5, 5.41) is 5.98. The van der Waals surface area contributed by atoms with Crippen molar-refractivity contribution in [2.24, 2.45) is 0 Å². The van der Waals surface area contributed by atoms with Gasteiger partial charge in [0.25, 0.3) is 5.91 Å². The smallest absolute Gasteiger partial charge is 0.261 e. The number of benzene rings is 1. The largest absolute Gasteiger partial charge is 0.351 e. The molecule has 2 rings (SSSR count). The fourth-order valence-electron chi connectivity index (χ4n) is 1.53. The Bertz CT molecular complexity index is 540. The third-order valence-electron chi connectivity index (χ3n) is 2.44. The van der Waals surface area contributed by atoms with Crippen LogP contribution < -0.4 is 5.32 Å². The predicted octanol–water partition coefficient (Wildman–Crippen LogP) is 4.03. The minimum absolute atomic E-state index is 0.0462. The van der Waals surface area contributed by atoms with E-state index in [1.807, 2.05) is 17.5 Å². The van der Waals surface area contributed by atoms with Crippen molar-refractivity contribution in [1.29, 1.82) is 0 Å². The van der Waals surface area contributed by atoms with Crippen molar-refractivity contribution in [2.75, 3.05) is 6.54 Å². The molecule has 1 N–H and O–H groups in total. The molecule has 2 nitrogen and oxygen atoms in total. The zero-order valence-electron chi connectivity index (χ0n) is 9.45. The van der Waals surface area contributed by atoms with Crippen molar-refractivity contribution >= 4 is 40.4 Å². The van der Waals surface area contributed by atoms with Crippen LogP contribution >= 0.6 is 34.5 Å².